The minimum Gasteiger partial charge on any atom is -0.496 e. The van der Waals surface area contributed by atoms with E-state index in [1.165, 1.54) is 5.56 Å². The zero-order chi connectivity index (χ0) is 14.1. The molecule has 0 radical (unpaired) electrons. The van der Waals surface area contributed by atoms with E-state index in [0.717, 1.165) is 22.7 Å². The summed E-state index contributed by atoms with van der Waals surface area (Å²) in [5, 5.41) is 4.56. The molecule has 0 saturated heterocycles. The predicted molar refractivity (Wildman–Crippen MR) is 79.1 cm³/mol. The molecule has 1 aromatic carbocycles. The quantitative estimate of drug-likeness (QED) is 0.728. The van der Waals surface area contributed by atoms with Crippen LogP contribution in [0.15, 0.2) is 42.7 Å². The molecule has 0 fully saturated rings. The molecule has 0 saturated carbocycles. The number of benzene rings is 1. The molecule has 0 N–H and O–H groups in total. The number of ether oxygens (including phenoxy) is 1. The minimum atomic E-state index is 0.474. The molecule has 0 spiro atoms. The van der Waals surface area contributed by atoms with Crippen molar-refractivity contribution in [2.24, 2.45) is 0 Å². The molecule has 3 aromatic rings. The van der Waals surface area contributed by atoms with Gasteiger partial charge in [-0.1, -0.05) is 19.9 Å². The number of rotatable bonds is 3. The summed E-state index contributed by atoms with van der Waals surface area (Å²) in [4.78, 5) is 4.20. The molecule has 2 heterocycles. The third kappa shape index (κ3) is 2.13. The fourth-order valence-electron chi connectivity index (χ4n) is 2.24. The Morgan fingerprint density at radius 2 is 2.00 bits per heavy atom. The van der Waals surface area contributed by atoms with Crippen LogP contribution in [0, 0.1) is 0 Å². The molecular weight excluding hydrogens is 250 g/mol. The van der Waals surface area contributed by atoms with Crippen LogP contribution in [0.3, 0.4) is 0 Å². The first-order valence-corrected chi connectivity index (χ1v) is 6.68. The molecule has 102 valence electrons. The van der Waals surface area contributed by atoms with Crippen molar-refractivity contribution >= 4 is 5.65 Å². The molecule has 20 heavy (non-hydrogen) atoms. The maximum atomic E-state index is 5.52. The number of nitrogens with zero attached hydrogens (tertiary/aromatic N) is 3. The Bertz CT molecular complexity index is 746. The molecule has 0 aliphatic rings. The summed E-state index contributed by atoms with van der Waals surface area (Å²) >= 11 is 0. The summed E-state index contributed by atoms with van der Waals surface area (Å²) in [5.41, 5.74) is 3.97. The van der Waals surface area contributed by atoms with Gasteiger partial charge in [-0.3, -0.25) is 0 Å². The van der Waals surface area contributed by atoms with Gasteiger partial charge in [0.1, 0.15) is 5.75 Å². The Labute approximate surface area is 118 Å². The van der Waals surface area contributed by atoms with E-state index in [-0.39, 0.29) is 0 Å². The second-order valence-electron chi connectivity index (χ2n) is 5.06. The van der Waals surface area contributed by atoms with Crippen LogP contribution in [0.2, 0.25) is 0 Å². The fourth-order valence-corrected chi connectivity index (χ4v) is 2.24. The average molecular weight is 267 g/mol. The highest BCUT2D eigenvalue weighted by Gasteiger charge is 2.10. The average Bonchev–Trinajstić information content (AvgIpc) is 2.93. The summed E-state index contributed by atoms with van der Waals surface area (Å²) < 4.78 is 7.29. The Morgan fingerprint density at radius 3 is 2.75 bits per heavy atom. The standard InChI is InChI=1S/C16H17N3O/c1-11(2)12-4-5-13(15(10-12)20-3)14-6-7-16-17-8-9-19(16)18-14/h4-11H,1-3H3. The van der Waals surface area contributed by atoms with Crippen molar-refractivity contribution in [2.75, 3.05) is 7.11 Å². The highest BCUT2D eigenvalue weighted by atomic mass is 16.5. The first-order valence-electron chi connectivity index (χ1n) is 6.68. The lowest BCUT2D eigenvalue weighted by atomic mass is 10.00. The summed E-state index contributed by atoms with van der Waals surface area (Å²) in [5.74, 6) is 1.32. The van der Waals surface area contributed by atoms with Crippen molar-refractivity contribution in [3.8, 4) is 17.0 Å². The molecule has 0 atom stereocenters. The van der Waals surface area contributed by atoms with Crippen LogP contribution in [-0.4, -0.2) is 21.7 Å². The van der Waals surface area contributed by atoms with Crippen LogP contribution in [-0.2, 0) is 0 Å². The number of imidazole rings is 1. The van der Waals surface area contributed by atoms with Crippen LogP contribution >= 0.6 is 0 Å². The SMILES string of the molecule is COc1cc(C(C)C)ccc1-c1ccc2nccn2n1. The van der Waals surface area contributed by atoms with Crippen LogP contribution < -0.4 is 4.74 Å². The predicted octanol–water partition coefficient (Wildman–Crippen LogP) is 3.53. The van der Waals surface area contributed by atoms with E-state index in [9.17, 15) is 0 Å². The summed E-state index contributed by atoms with van der Waals surface area (Å²) in [7, 11) is 1.69. The minimum absolute atomic E-state index is 0.474. The van der Waals surface area contributed by atoms with Crippen molar-refractivity contribution in [1.29, 1.82) is 0 Å². The van der Waals surface area contributed by atoms with Crippen molar-refractivity contribution in [3.05, 3.63) is 48.3 Å². The number of hydrogen-bond donors (Lipinski definition) is 0. The van der Waals surface area contributed by atoms with Gasteiger partial charge in [0, 0.05) is 18.0 Å². The summed E-state index contributed by atoms with van der Waals surface area (Å²) in [6.45, 7) is 4.34. The Balaban J connectivity index is 2.12. The number of hydrogen-bond acceptors (Lipinski definition) is 3. The van der Waals surface area contributed by atoms with Crippen LogP contribution in [0.25, 0.3) is 16.9 Å². The maximum absolute atomic E-state index is 5.52. The second kappa shape index (κ2) is 4.96. The lowest BCUT2D eigenvalue weighted by Gasteiger charge is -2.12. The lowest BCUT2D eigenvalue weighted by Crippen LogP contribution is -1.97. The molecule has 0 unspecified atom stereocenters. The Morgan fingerprint density at radius 1 is 1.15 bits per heavy atom. The molecule has 0 aliphatic heterocycles. The normalized spacial score (nSPS) is 11.2. The Hall–Kier alpha value is -2.36. The van der Waals surface area contributed by atoms with E-state index in [0.29, 0.717) is 5.92 Å². The highest BCUT2D eigenvalue weighted by Crippen LogP contribution is 2.31. The molecule has 4 nitrogen and oxygen atoms in total. The van der Waals surface area contributed by atoms with E-state index in [2.05, 4.69) is 42.1 Å². The summed E-state index contributed by atoms with van der Waals surface area (Å²) in [6.07, 6.45) is 3.58. The Kier molecular flexibility index (Phi) is 3.14. The zero-order valence-corrected chi connectivity index (χ0v) is 11.9. The third-order valence-corrected chi connectivity index (χ3v) is 3.42. The maximum Gasteiger partial charge on any atom is 0.153 e. The van der Waals surface area contributed by atoms with E-state index in [1.807, 2.05) is 18.3 Å². The molecule has 2 aromatic heterocycles. The van der Waals surface area contributed by atoms with Gasteiger partial charge in [-0.2, -0.15) is 5.10 Å². The molecule has 0 bridgehead atoms. The van der Waals surface area contributed by atoms with Gasteiger partial charge in [-0.05, 0) is 35.7 Å². The zero-order valence-electron chi connectivity index (χ0n) is 11.9. The molecule has 0 aliphatic carbocycles. The van der Waals surface area contributed by atoms with Gasteiger partial charge in [0.25, 0.3) is 0 Å². The fraction of sp³-hybridized carbons (Fsp3) is 0.250. The van der Waals surface area contributed by atoms with Gasteiger partial charge in [-0.25, -0.2) is 9.50 Å². The van der Waals surface area contributed by atoms with E-state index < -0.39 is 0 Å². The van der Waals surface area contributed by atoms with Crippen molar-refractivity contribution in [2.45, 2.75) is 19.8 Å². The van der Waals surface area contributed by atoms with E-state index in [4.69, 9.17) is 4.74 Å². The monoisotopic (exact) mass is 267 g/mol. The molecular formula is C16H17N3O. The molecule has 4 heteroatoms. The smallest absolute Gasteiger partial charge is 0.153 e. The van der Waals surface area contributed by atoms with Gasteiger partial charge in [-0.15, -0.1) is 0 Å². The number of aromatic nitrogens is 3. The highest BCUT2D eigenvalue weighted by molar-refractivity contribution is 5.68. The second-order valence-corrected chi connectivity index (χ2v) is 5.06. The van der Waals surface area contributed by atoms with Gasteiger partial charge in [0.2, 0.25) is 0 Å². The largest absolute Gasteiger partial charge is 0.496 e. The van der Waals surface area contributed by atoms with E-state index in [1.54, 1.807) is 17.8 Å². The number of methoxy groups -OCH3 is 1. The van der Waals surface area contributed by atoms with Crippen molar-refractivity contribution < 1.29 is 4.74 Å². The third-order valence-electron chi connectivity index (χ3n) is 3.42. The van der Waals surface area contributed by atoms with Gasteiger partial charge in [0.05, 0.1) is 12.8 Å². The van der Waals surface area contributed by atoms with Crippen LogP contribution in [0.1, 0.15) is 25.3 Å². The van der Waals surface area contributed by atoms with Gasteiger partial charge in [0.15, 0.2) is 5.65 Å². The first-order chi connectivity index (χ1) is 9.69. The topological polar surface area (TPSA) is 39.4 Å². The van der Waals surface area contributed by atoms with Gasteiger partial charge >= 0.3 is 0 Å². The molecule has 3 rings (SSSR count). The lowest BCUT2D eigenvalue weighted by molar-refractivity contribution is 0.415. The van der Waals surface area contributed by atoms with Crippen molar-refractivity contribution in [1.82, 2.24) is 14.6 Å². The van der Waals surface area contributed by atoms with Gasteiger partial charge < -0.3 is 4.74 Å². The van der Waals surface area contributed by atoms with Crippen molar-refractivity contribution in [3.63, 3.8) is 0 Å². The molecule has 0 amide bonds. The number of fused-ring (bicyclic) bond motifs is 1. The summed E-state index contributed by atoms with van der Waals surface area (Å²) in [6, 6.07) is 10.2. The van der Waals surface area contributed by atoms with Crippen LogP contribution in [0.4, 0.5) is 0 Å². The van der Waals surface area contributed by atoms with Crippen LogP contribution in [0.5, 0.6) is 5.75 Å². The van der Waals surface area contributed by atoms with E-state index >= 15 is 0 Å². The first kappa shape index (κ1) is 12.7.